The Hall–Kier alpha value is -0.240. The molecule has 0 amide bonds. The Bertz CT molecular complexity index is 93.3. The third kappa shape index (κ3) is 3.06. The number of quaternary nitrogens is 1. The number of hydrogen-bond donors (Lipinski definition) is 2. The topological polar surface area (TPSA) is 59.6 Å². The molecule has 62 valence electrons. The van der Waals surface area contributed by atoms with E-state index in [4.69, 9.17) is 4.94 Å². The van der Waals surface area contributed by atoms with Gasteiger partial charge in [0.2, 0.25) is 0 Å². The zero-order valence-corrected chi connectivity index (χ0v) is 6.71. The van der Waals surface area contributed by atoms with Crippen molar-refractivity contribution in [2.24, 2.45) is 0 Å². The number of nitrogens with zero attached hydrogens (tertiary/aromatic N) is 2. The second-order valence-corrected chi connectivity index (χ2v) is 1.89. The summed E-state index contributed by atoms with van der Waals surface area (Å²) in [5.41, 5.74) is 5.44. The lowest BCUT2D eigenvalue weighted by Gasteiger charge is -2.32. The molecule has 0 heterocycles. The smallest absolute Gasteiger partial charge is 0.140 e. The quantitative estimate of drug-likeness (QED) is 0.397. The van der Waals surface area contributed by atoms with Gasteiger partial charge in [-0.05, 0) is 4.86 Å². The first-order valence-electron chi connectivity index (χ1n) is 2.89. The highest BCUT2D eigenvalue weighted by Gasteiger charge is 2.19. The molecule has 0 bridgehead atoms. The summed E-state index contributed by atoms with van der Waals surface area (Å²) in [4.78, 5) is 4.56. The van der Waals surface area contributed by atoms with Gasteiger partial charge in [-0.1, -0.05) is 4.94 Å². The van der Waals surface area contributed by atoms with Crippen LogP contribution in [0.4, 0.5) is 0 Å². The molecule has 0 atom stereocenters. The number of nitrogens with one attached hydrogen (secondary N) is 2. The standard InChI is InChI=1S/C4H14N4O2/c1-5-8(4,6-2)10-7(3)9/h5-6H,1-4H3. The zero-order chi connectivity index (χ0) is 8.20. The molecule has 2 N–H and O–H groups in total. The van der Waals surface area contributed by atoms with Gasteiger partial charge in [-0.25, -0.2) is 5.23 Å². The molecule has 0 aliphatic heterocycles. The lowest BCUT2D eigenvalue weighted by atomic mass is 11.2. The fourth-order valence-corrected chi connectivity index (χ4v) is 0.423. The summed E-state index contributed by atoms with van der Waals surface area (Å²) >= 11 is 0. The van der Waals surface area contributed by atoms with E-state index in [-0.39, 0.29) is 4.86 Å². The van der Waals surface area contributed by atoms with E-state index in [0.717, 1.165) is 0 Å². The van der Waals surface area contributed by atoms with Crippen molar-refractivity contribution in [2.45, 2.75) is 0 Å². The van der Waals surface area contributed by atoms with Crippen LogP contribution in [0.5, 0.6) is 0 Å². The second-order valence-electron chi connectivity index (χ2n) is 1.89. The summed E-state index contributed by atoms with van der Waals surface area (Å²) in [5, 5.41) is 10.7. The Labute approximate surface area is 60.4 Å². The molecule has 0 unspecified atom stereocenters. The highest BCUT2D eigenvalue weighted by atomic mass is 17.0. The van der Waals surface area contributed by atoms with Crippen molar-refractivity contribution in [1.82, 2.24) is 16.1 Å². The summed E-state index contributed by atoms with van der Waals surface area (Å²) in [6, 6.07) is 0. The van der Waals surface area contributed by atoms with Crippen molar-refractivity contribution < 1.29 is 9.80 Å². The van der Waals surface area contributed by atoms with Crippen molar-refractivity contribution in [3.8, 4) is 0 Å². The van der Waals surface area contributed by atoms with E-state index >= 15 is 0 Å². The molecule has 0 radical (unpaired) electrons. The van der Waals surface area contributed by atoms with Gasteiger partial charge in [0.1, 0.15) is 7.05 Å². The van der Waals surface area contributed by atoms with Crippen LogP contribution in [0.3, 0.4) is 0 Å². The van der Waals surface area contributed by atoms with E-state index in [2.05, 4.69) is 10.9 Å². The van der Waals surface area contributed by atoms with E-state index in [9.17, 15) is 5.21 Å². The predicted octanol–water partition coefficient (Wildman–Crippen LogP) is -1.02. The molecule has 6 nitrogen and oxygen atoms in total. The SMILES string of the molecule is CN[N+](C)(NC)ON(C)[O-]. The lowest BCUT2D eigenvalue weighted by Crippen LogP contribution is -2.62. The Balaban J connectivity index is 3.80. The van der Waals surface area contributed by atoms with Crippen molar-refractivity contribution in [3.05, 3.63) is 5.21 Å². The third-order valence-corrected chi connectivity index (χ3v) is 1.13. The summed E-state index contributed by atoms with van der Waals surface area (Å²) < 4.78 is 0. The van der Waals surface area contributed by atoms with Gasteiger partial charge in [-0.15, -0.1) is 10.9 Å². The molecule has 0 aromatic rings. The van der Waals surface area contributed by atoms with Gasteiger partial charge in [-0.2, -0.15) is 0 Å². The number of hydroxylamine groups is 3. The molecule has 0 spiro atoms. The molecule has 10 heavy (non-hydrogen) atoms. The molecular weight excluding hydrogens is 136 g/mol. The first-order chi connectivity index (χ1) is 4.54. The van der Waals surface area contributed by atoms with Crippen LogP contribution < -0.4 is 10.9 Å². The Morgan fingerprint density at radius 1 is 1.40 bits per heavy atom. The fourth-order valence-electron chi connectivity index (χ4n) is 0.423. The maximum Gasteiger partial charge on any atom is 0.140 e. The Morgan fingerprint density at radius 3 is 1.90 bits per heavy atom. The van der Waals surface area contributed by atoms with E-state index in [1.54, 1.807) is 21.1 Å². The molecule has 0 aliphatic rings. The fraction of sp³-hybridized carbons (Fsp3) is 1.00. The Kier molecular flexibility index (Phi) is 3.72. The summed E-state index contributed by atoms with van der Waals surface area (Å²) in [5.74, 6) is 0. The average Bonchev–Trinajstić information content (AvgIpc) is 1.87. The van der Waals surface area contributed by atoms with Gasteiger partial charge in [0.15, 0.2) is 0 Å². The maximum absolute atomic E-state index is 10.4. The predicted molar refractivity (Wildman–Crippen MR) is 36.5 cm³/mol. The van der Waals surface area contributed by atoms with Gasteiger partial charge in [0, 0.05) is 21.1 Å². The van der Waals surface area contributed by atoms with Crippen LogP contribution in [0, 0.1) is 5.21 Å². The van der Waals surface area contributed by atoms with Crippen LogP contribution in [0.15, 0.2) is 0 Å². The molecule has 0 saturated heterocycles. The molecule has 0 saturated carbocycles. The summed E-state index contributed by atoms with van der Waals surface area (Å²) in [6.45, 7) is 0. The first-order valence-corrected chi connectivity index (χ1v) is 2.89. The Morgan fingerprint density at radius 2 is 1.80 bits per heavy atom. The van der Waals surface area contributed by atoms with Crippen LogP contribution in [0.25, 0.3) is 0 Å². The van der Waals surface area contributed by atoms with Crippen LogP contribution in [0.2, 0.25) is 0 Å². The zero-order valence-electron chi connectivity index (χ0n) is 6.71. The van der Waals surface area contributed by atoms with Gasteiger partial charge in [-0.3, -0.25) is 0 Å². The van der Waals surface area contributed by atoms with E-state index in [0.29, 0.717) is 5.23 Å². The molecule has 0 rings (SSSR count). The van der Waals surface area contributed by atoms with E-state index in [1.807, 2.05) is 0 Å². The minimum absolute atomic E-state index is 0.167. The van der Waals surface area contributed by atoms with E-state index < -0.39 is 0 Å². The van der Waals surface area contributed by atoms with Gasteiger partial charge in [0.25, 0.3) is 0 Å². The third-order valence-electron chi connectivity index (χ3n) is 1.13. The van der Waals surface area contributed by atoms with Crippen LogP contribution in [-0.4, -0.2) is 38.3 Å². The largest absolute Gasteiger partial charge is 0.758 e. The molecule has 0 aliphatic carbocycles. The molecular formula is C4H14N4O2. The highest BCUT2D eigenvalue weighted by Crippen LogP contribution is 1.92. The molecule has 0 aromatic heterocycles. The number of hydrogen-bond acceptors (Lipinski definition) is 5. The average molecular weight is 150 g/mol. The highest BCUT2D eigenvalue weighted by molar-refractivity contribution is 4.18. The van der Waals surface area contributed by atoms with E-state index in [1.165, 1.54) is 7.05 Å². The van der Waals surface area contributed by atoms with Crippen molar-refractivity contribution in [1.29, 1.82) is 0 Å². The minimum Gasteiger partial charge on any atom is -0.758 e. The van der Waals surface area contributed by atoms with Gasteiger partial charge >= 0.3 is 0 Å². The van der Waals surface area contributed by atoms with Crippen molar-refractivity contribution in [2.75, 3.05) is 28.2 Å². The van der Waals surface area contributed by atoms with Gasteiger partial charge < -0.3 is 5.21 Å². The molecule has 0 fully saturated rings. The second kappa shape index (κ2) is 3.81. The van der Waals surface area contributed by atoms with Crippen LogP contribution in [0.1, 0.15) is 0 Å². The van der Waals surface area contributed by atoms with Gasteiger partial charge in [0.05, 0.1) is 0 Å². The first kappa shape index (κ1) is 9.76. The maximum atomic E-state index is 10.4. The van der Waals surface area contributed by atoms with Crippen molar-refractivity contribution >= 4 is 0 Å². The summed E-state index contributed by atoms with van der Waals surface area (Å²) in [6.07, 6.45) is 0. The lowest BCUT2D eigenvalue weighted by molar-refractivity contribution is -1.17. The van der Waals surface area contributed by atoms with Crippen LogP contribution in [-0.2, 0) is 4.94 Å². The summed E-state index contributed by atoms with van der Waals surface area (Å²) in [7, 11) is 6.25. The molecule has 6 heteroatoms. The van der Waals surface area contributed by atoms with Crippen molar-refractivity contribution in [3.63, 3.8) is 0 Å². The normalized spacial score (nSPS) is 12.6. The monoisotopic (exact) mass is 150 g/mol. The van der Waals surface area contributed by atoms with Crippen LogP contribution >= 0.6 is 0 Å². The minimum atomic E-state index is -0.167. The number of rotatable bonds is 4. The molecule has 0 aromatic carbocycles.